The van der Waals surface area contributed by atoms with E-state index in [-0.39, 0.29) is 46.5 Å². The molecule has 0 radical (unpaired) electrons. The summed E-state index contributed by atoms with van der Waals surface area (Å²) in [6.45, 7) is -0.281. The molecule has 4 aromatic rings. The minimum Gasteiger partial charge on any atom is -0.494 e. The van der Waals surface area contributed by atoms with Gasteiger partial charge in [-0.1, -0.05) is 12.1 Å². The number of amides is 2. The molecule has 230 valence electrons. The van der Waals surface area contributed by atoms with Gasteiger partial charge in [0.25, 0.3) is 5.91 Å². The lowest BCUT2D eigenvalue weighted by atomic mass is 9.81. The molecular weight excluding hydrogens is 586 g/mol. The lowest BCUT2D eigenvalue weighted by Crippen LogP contribution is -2.51. The van der Waals surface area contributed by atoms with Gasteiger partial charge in [-0.25, -0.2) is 9.37 Å². The summed E-state index contributed by atoms with van der Waals surface area (Å²) in [5.74, 6) is -2.33. The van der Waals surface area contributed by atoms with E-state index in [1.54, 1.807) is 10.9 Å². The van der Waals surface area contributed by atoms with Crippen molar-refractivity contribution >= 4 is 22.7 Å². The molecule has 0 spiro atoms. The highest BCUT2D eigenvalue weighted by atomic mass is 19.4. The summed E-state index contributed by atoms with van der Waals surface area (Å²) in [7, 11) is 1.38. The normalized spacial score (nSPS) is 19.2. The van der Waals surface area contributed by atoms with E-state index in [9.17, 15) is 32.3 Å². The maximum atomic E-state index is 14.7. The molecule has 2 aromatic heterocycles. The van der Waals surface area contributed by atoms with Crippen molar-refractivity contribution in [3.05, 3.63) is 71.3 Å². The largest absolute Gasteiger partial charge is 0.494 e. The number of primary amides is 1. The molecule has 0 bridgehead atoms. The van der Waals surface area contributed by atoms with Crippen LogP contribution < -0.4 is 20.5 Å². The third-order valence-corrected chi connectivity index (χ3v) is 8.11. The van der Waals surface area contributed by atoms with E-state index in [2.05, 4.69) is 15.4 Å². The number of hydrogen-bond donors (Lipinski definition) is 3. The van der Waals surface area contributed by atoms with E-state index in [0.717, 1.165) is 31.0 Å². The number of fused-ring (bicyclic) bond motifs is 2. The summed E-state index contributed by atoms with van der Waals surface area (Å²) < 4.78 is 71.0. The Bertz CT molecular complexity index is 1820. The molecule has 14 heteroatoms. The average molecular weight is 614 g/mol. The summed E-state index contributed by atoms with van der Waals surface area (Å²) in [6, 6.07) is 8.82. The molecule has 3 heterocycles. The minimum absolute atomic E-state index is 0.0220. The van der Waals surface area contributed by atoms with Crippen LogP contribution in [0.3, 0.4) is 0 Å². The van der Waals surface area contributed by atoms with Crippen molar-refractivity contribution in [2.75, 3.05) is 20.3 Å². The number of nitrogens with zero attached hydrogens (tertiary/aromatic N) is 3. The SMILES string of the molecule is COc1cc(C(=O)NC[C@](O)(c2cc3c(c(-c4cccc(F)c4)n2)OC[C@]3(C)C(N)=O)C(F)(F)F)cc2cn(C3CC3)nc12. The zero-order valence-electron chi connectivity index (χ0n) is 23.5. The lowest BCUT2D eigenvalue weighted by molar-refractivity contribution is -0.265. The van der Waals surface area contributed by atoms with Gasteiger partial charge in [-0.15, -0.1) is 0 Å². The highest BCUT2D eigenvalue weighted by Crippen LogP contribution is 2.48. The van der Waals surface area contributed by atoms with Gasteiger partial charge in [-0.3, -0.25) is 14.3 Å². The van der Waals surface area contributed by atoms with Gasteiger partial charge in [0, 0.05) is 28.3 Å². The number of hydrogen-bond acceptors (Lipinski definition) is 7. The minimum atomic E-state index is -5.36. The summed E-state index contributed by atoms with van der Waals surface area (Å²) in [6.07, 6.45) is -1.71. The first kappa shape index (κ1) is 29.4. The first-order valence-electron chi connectivity index (χ1n) is 13.6. The highest BCUT2D eigenvalue weighted by Gasteiger charge is 2.57. The number of ether oxygens (including phenoxy) is 2. The second kappa shape index (κ2) is 10.2. The third kappa shape index (κ3) is 4.78. The summed E-state index contributed by atoms with van der Waals surface area (Å²) in [5.41, 5.74) is -0.464. The Morgan fingerprint density at radius 2 is 1.98 bits per heavy atom. The number of nitrogens with two attached hydrogens (primary N) is 1. The Kier molecular flexibility index (Phi) is 6.79. The van der Waals surface area contributed by atoms with Gasteiger partial charge < -0.3 is 25.6 Å². The van der Waals surface area contributed by atoms with E-state index < -0.39 is 47.1 Å². The smallest absolute Gasteiger partial charge is 0.424 e. The van der Waals surface area contributed by atoms with Crippen molar-refractivity contribution in [3.8, 4) is 22.8 Å². The molecule has 0 unspecified atom stereocenters. The van der Waals surface area contributed by atoms with Crippen molar-refractivity contribution in [1.82, 2.24) is 20.1 Å². The van der Waals surface area contributed by atoms with Crippen LogP contribution in [0, 0.1) is 5.82 Å². The fraction of sp³-hybridized carbons (Fsp3) is 0.333. The molecule has 1 saturated carbocycles. The maximum Gasteiger partial charge on any atom is 0.424 e. The second-order valence-corrected chi connectivity index (χ2v) is 11.2. The fourth-order valence-corrected chi connectivity index (χ4v) is 5.21. The monoisotopic (exact) mass is 613 g/mol. The van der Waals surface area contributed by atoms with E-state index in [4.69, 9.17) is 15.2 Å². The van der Waals surface area contributed by atoms with E-state index in [0.29, 0.717) is 10.9 Å². The fourth-order valence-electron chi connectivity index (χ4n) is 5.21. The molecule has 1 aliphatic heterocycles. The number of halogens is 4. The van der Waals surface area contributed by atoms with Crippen LogP contribution in [-0.2, 0) is 15.8 Å². The molecule has 0 saturated heterocycles. The zero-order valence-corrected chi connectivity index (χ0v) is 23.5. The number of aliphatic hydroxyl groups is 1. The van der Waals surface area contributed by atoms with Crippen LogP contribution >= 0.6 is 0 Å². The van der Waals surface area contributed by atoms with Gasteiger partial charge in [-0.05, 0) is 50.1 Å². The molecule has 2 aromatic carbocycles. The number of carbonyl (C=O) groups is 2. The number of benzene rings is 2. The second-order valence-electron chi connectivity index (χ2n) is 11.2. The number of rotatable bonds is 8. The summed E-state index contributed by atoms with van der Waals surface area (Å²) in [4.78, 5) is 29.7. The molecule has 2 atom stereocenters. The van der Waals surface area contributed by atoms with Crippen molar-refractivity contribution in [1.29, 1.82) is 0 Å². The molecule has 10 nitrogen and oxygen atoms in total. The van der Waals surface area contributed by atoms with Gasteiger partial charge in [0.15, 0.2) is 0 Å². The number of pyridine rings is 1. The molecule has 1 aliphatic carbocycles. The van der Waals surface area contributed by atoms with Crippen LogP contribution in [-0.4, -0.2) is 58.1 Å². The Morgan fingerprint density at radius 1 is 1.23 bits per heavy atom. The number of nitrogens with one attached hydrogen (secondary N) is 1. The van der Waals surface area contributed by atoms with Crippen molar-refractivity contribution < 1.29 is 41.7 Å². The highest BCUT2D eigenvalue weighted by molar-refractivity contribution is 6.00. The first-order valence-corrected chi connectivity index (χ1v) is 13.6. The van der Waals surface area contributed by atoms with E-state index in [1.165, 1.54) is 38.3 Å². The molecule has 2 amide bonds. The van der Waals surface area contributed by atoms with Gasteiger partial charge in [0.05, 0.1) is 25.4 Å². The van der Waals surface area contributed by atoms with Gasteiger partial charge >= 0.3 is 6.18 Å². The molecule has 4 N–H and O–H groups in total. The predicted molar refractivity (Wildman–Crippen MR) is 149 cm³/mol. The first-order chi connectivity index (χ1) is 20.7. The molecule has 1 fully saturated rings. The van der Waals surface area contributed by atoms with Gasteiger partial charge in [0.1, 0.15) is 40.5 Å². The molecule has 6 rings (SSSR count). The standard InChI is InChI=1S/C30H27F4N5O5/c1-28(27(35)41)14-44-25-20(28)11-22(37-24(25)15-4-3-5-18(31)9-15)29(42,30(32,33)34)13-36-26(40)16-8-17-12-39(19-6-7-19)38-23(17)21(10-16)43-2/h3-5,8-12,19,42H,6-7,13-14H2,1-2H3,(H2,35,41)(H,36,40)/t28-,29-/m0/s1. The van der Waals surface area contributed by atoms with Crippen LogP contribution in [0.15, 0.2) is 48.7 Å². The maximum absolute atomic E-state index is 14.7. The van der Waals surface area contributed by atoms with E-state index >= 15 is 0 Å². The average Bonchev–Trinajstić information content (AvgIpc) is 3.65. The zero-order chi connectivity index (χ0) is 31.6. The van der Waals surface area contributed by atoms with E-state index in [1.807, 2.05) is 0 Å². The van der Waals surface area contributed by atoms with Crippen molar-refractivity contribution in [2.24, 2.45) is 5.73 Å². The number of methoxy groups -OCH3 is 1. The predicted octanol–water partition coefficient (Wildman–Crippen LogP) is 3.90. The number of alkyl halides is 3. The van der Waals surface area contributed by atoms with Crippen LogP contribution in [0.2, 0.25) is 0 Å². The number of aromatic nitrogens is 3. The molecular formula is C30H27F4N5O5. The van der Waals surface area contributed by atoms with Crippen LogP contribution in [0.5, 0.6) is 11.5 Å². The third-order valence-electron chi connectivity index (χ3n) is 8.11. The van der Waals surface area contributed by atoms with Crippen molar-refractivity contribution in [3.63, 3.8) is 0 Å². The van der Waals surface area contributed by atoms with Crippen molar-refractivity contribution in [2.45, 2.75) is 43.0 Å². The lowest BCUT2D eigenvalue weighted by Gasteiger charge is -2.31. The van der Waals surface area contributed by atoms with Crippen LogP contribution in [0.4, 0.5) is 17.6 Å². The Labute approximate surface area is 247 Å². The van der Waals surface area contributed by atoms with Crippen LogP contribution in [0.1, 0.15) is 47.4 Å². The van der Waals surface area contributed by atoms with Crippen LogP contribution in [0.25, 0.3) is 22.2 Å². The Hall–Kier alpha value is -4.72. The Morgan fingerprint density at radius 3 is 2.61 bits per heavy atom. The van der Waals surface area contributed by atoms with Gasteiger partial charge in [-0.2, -0.15) is 18.3 Å². The Balaban J connectivity index is 1.40. The molecule has 44 heavy (non-hydrogen) atoms. The number of carbonyl (C=O) groups excluding carboxylic acids is 2. The van der Waals surface area contributed by atoms with Gasteiger partial charge in [0.2, 0.25) is 11.5 Å². The summed E-state index contributed by atoms with van der Waals surface area (Å²) in [5, 5.41) is 18.5. The quantitative estimate of drug-likeness (QED) is 0.256. The topological polar surface area (TPSA) is 142 Å². The summed E-state index contributed by atoms with van der Waals surface area (Å²) >= 11 is 0. The molecule has 2 aliphatic rings.